The first kappa shape index (κ1) is 18.9. The zero-order chi connectivity index (χ0) is 15.1. The Morgan fingerprint density at radius 2 is 1.42 bits per heavy atom. The fourth-order valence-electron chi connectivity index (χ4n) is 2.26. The van der Waals surface area contributed by atoms with E-state index in [0.717, 1.165) is 24.9 Å². The normalized spacial score (nSPS) is 17.2. The summed E-state index contributed by atoms with van der Waals surface area (Å²) in [6.07, 6.45) is 2.57. The van der Waals surface area contributed by atoms with Gasteiger partial charge in [-0.3, -0.25) is 4.90 Å². The van der Waals surface area contributed by atoms with Gasteiger partial charge in [0.25, 0.3) is 0 Å². The number of rotatable bonds is 10. The largest absolute Gasteiger partial charge is 0.380 e. The van der Waals surface area contributed by atoms with Crippen LogP contribution in [0.4, 0.5) is 0 Å². The zero-order valence-corrected chi connectivity index (χ0v) is 14.2. The minimum atomic E-state index is -0.0709. The average molecular weight is 272 g/mol. The Bertz CT molecular complexity index is 219. The summed E-state index contributed by atoms with van der Waals surface area (Å²) < 4.78 is 5.58. The minimum Gasteiger partial charge on any atom is -0.380 e. The fourth-order valence-corrected chi connectivity index (χ4v) is 2.26. The molecule has 2 unspecified atom stereocenters. The molecule has 0 radical (unpaired) electrons. The molecule has 0 aromatic heterocycles. The molecule has 0 spiro atoms. The van der Waals surface area contributed by atoms with E-state index < -0.39 is 0 Å². The zero-order valence-electron chi connectivity index (χ0n) is 14.2. The summed E-state index contributed by atoms with van der Waals surface area (Å²) in [5.41, 5.74) is 6.00. The van der Waals surface area contributed by atoms with Crippen molar-refractivity contribution in [1.82, 2.24) is 4.90 Å². The van der Waals surface area contributed by atoms with Gasteiger partial charge in [0.15, 0.2) is 0 Å². The predicted octanol–water partition coefficient (Wildman–Crippen LogP) is 3.13. The first-order valence-corrected chi connectivity index (χ1v) is 7.75. The molecule has 0 heterocycles. The van der Waals surface area contributed by atoms with Crippen LogP contribution in [-0.4, -0.2) is 43.3 Å². The first-order valence-electron chi connectivity index (χ1n) is 7.75. The van der Waals surface area contributed by atoms with Gasteiger partial charge in [-0.05, 0) is 51.6 Å². The van der Waals surface area contributed by atoms with Gasteiger partial charge < -0.3 is 10.5 Å². The van der Waals surface area contributed by atoms with Crippen LogP contribution >= 0.6 is 0 Å². The number of ether oxygens (including phenoxy) is 1. The van der Waals surface area contributed by atoms with E-state index in [1.807, 2.05) is 0 Å². The second-order valence-electron chi connectivity index (χ2n) is 6.79. The first-order chi connectivity index (χ1) is 8.77. The molecule has 0 rings (SSSR count). The minimum absolute atomic E-state index is 0.0709. The molecule has 19 heavy (non-hydrogen) atoms. The molecule has 0 aliphatic heterocycles. The van der Waals surface area contributed by atoms with E-state index in [-0.39, 0.29) is 11.6 Å². The summed E-state index contributed by atoms with van der Waals surface area (Å²) in [7, 11) is 1.78. The number of hydrogen-bond donors (Lipinski definition) is 1. The number of hydrogen-bond acceptors (Lipinski definition) is 3. The second kappa shape index (κ2) is 8.93. The molecular formula is C16H36N2O. The lowest BCUT2D eigenvalue weighted by atomic mass is 9.91. The molecule has 0 aromatic carbocycles. The quantitative estimate of drug-likeness (QED) is 0.664. The van der Waals surface area contributed by atoms with Crippen LogP contribution in [0, 0.1) is 11.8 Å². The van der Waals surface area contributed by atoms with E-state index in [2.05, 4.69) is 46.4 Å². The van der Waals surface area contributed by atoms with Crippen LogP contribution in [0.3, 0.4) is 0 Å². The van der Waals surface area contributed by atoms with Crippen molar-refractivity contribution in [2.45, 2.75) is 66.0 Å². The third-order valence-corrected chi connectivity index (χ3v) is 4.32. The maximum Gasteiger partial charge on any atom is 0.0736 e. The summed E-state index contributed by atoms with van der Waals surface area (Å²) in [5, 5.41) is 0. The molecule has 2 N–H and O–H groups in total. The summed E-state index contributed by atoms with van der Waals surface area (Å²) in [4.78, 5) is 2.54. The van der Waals surface area contributed by atoms with Crippen LogP contribution in [0.1, 0.15) is 54.4 Å². The highest BCUT2D eigenvalue weighted by Crippen LogP contribution is 2.23. The highest BCUT2D eigenvalue weighted by atomic mass is 16.5. The third kappa shape index (κ3) is 6.24. The molecule has 116 valence electrons. The standard InChI is InChI=1S/C16H36N2O/c1-13(2)8-10-18(11-9-14(3)4)16(6,12-17)15(5)19-7/h13-15H,8-12,17H2,1-7H3. The second-order valence-corrected chi connectivity index (χ2v) is 6.79. The van der Waals surface area contributed by atoms with E-state index in [4.69, 9.17) is 10.5 Å². The molecule has 0 saturated carbocycles. The Morgan fingerprint density at radius 3 is 1.68 bits per heavy atom. The average Bonchev–Trinajstić information content (AvgIpc) is 2.36. The van der Waals surface area contributed by atoms with Crippen LogP contribution in [0.15, 0.2) is 0 Å². The van der Waals surface area contributed by atoms with Gasteiger partial charge in [0.05, 0.1) is 11.6 Å². The Morgan fingerprint density at radius 1 is 1.00 bits per heavy atom. The van der Waals surface area contributed by atoms with E-state index >= 15 is 0 Å². The Labute approximate surface area is 120 Å². The molecule has 0 aliphatic rings. The van der Waals surface area contributed by atoms with Gasteiger partial charge in [-0.15, -0.1) is 0 Å². The fraction of sp³-hybridized carbons (Fsp3) is 1.00. The SMILES string of the molecule is COC(C)C(C)(CN)N(CCC(C)C)CCC(C)C. The Balaban J connectivity index is 4.83. The molecule has 0 saturated heterocycles. The van der Waals surface area contributed by atoms with Gasteiger partial charge in [0, 0.05) is 13.7 Å². The van der Waals surface area contributed by atoms with Crippen molar-refractivity contribution in [2.24, 2.45) is 17.6 Å². The number of nitrogens with two attached hydrogens (primary N) is 1. The van der Waals surface area contributed by atoms with Crippen LogP contribution in [0.2, 0.25) is 0 Å². The van der Waals surface area contributed by atoms with Gasteiger partial charge in [-0.1, -0.05) is 27.7 Å². The van der Waals surface area contributed by atoms with E-state index in [9.17, 15) is 0 Å². The van der Waals surface area contributed by atoms with Gasteiger partial charge in [-0.2, -0.15) is 0 Å². The van der Waals surface area contributed by atoms with Gasteiger partial charge >= 0.3 is 0 Å². The summed E-state index contributed by atoms with van der Waals surface area (Å²) in [5.74, 6) is 1.45. The van der Waals surface area contributed by atoms with Crippen molar-refractivity contribution < 1.29 is 4.74 Å². The third-order valence-electron chi connectivity index (χ3n) is 4.32. The smallest absolute Gasteiger partial charge is 0.0736 e. The van der Waals surface area contributed by atoms with Gasteiger partial charge in [0.2, 0.25) is 0 Å². The number of nitrogens with zero attached hydrogens (tertiary/aromatic N) is 1. The van der Waals surface area contributed by atoms with E-state index in [1.54, 1.807) is 7.11 Å². The van der Waals surface area contributed by atoms with Crippen LogP contribution in [-0.2, 0) is 4.74 Å². The highest BCUT2D eigenvalue weighted by molar-refractivity contribution is 4.93. The number of methoxy groups -OCH3 is 1. The summed E-state index contributed by atoms with van der Waals surface area (Å²) >= 11 is 0. The molecule has 0 aliphatic carbocycles. The predicted molar refractivity (Wildman–Crippen MR) is 84.4 cm³/mol. The molecule has 3 heteroatoms. The van der Waals surface area contributed by atoms with Crippen LogP contribution < -0.4 is 5.73 Å². The highest BCUT2D eigenvalue weighted by Gasteiger charge is 2.36. The summed E-state index contributed by atoms with van der Waals surface area (Å²) in [6, 6.07) is 0. The van der Waals surface area contributed by atoms with E-state index in [0.29, 0.717) is 6.54 Å². The van der Waals surface area contributed by atoms with Crippen LogP contribution in [0.5, 0.6) is 0 Å². The Kier molecular flexibility index (Phi) is 8.88. The Hall–Kier alpha value is -0.120. The van der Waals surface area contributed by atoms with Gasteiger partial charge in [0.1, 0.15) is 0 Å². The molecular weight excluding hydrogens is 236 g/mol. The molecule has 0 aromatic rings. The van der Waals surface area contributed by atoms with Crippen molar-refractivity contribution in [3.05, 3.63) is 0 Å². The molecule has 0 fully saturated rings. The molecule has 3 nitrogen and oxygen atoms in total. The van der Waals surface area contributed by atoms with E-state index in [1.165, 1.54) is 12.8 Å². The maximum absolute atomic E-state index is 6.08. The van der Waals surface area contributed by atoms with Crippen molar-refractivity contribution in [3.63, 3.8) is 0 Å². The lowest BCUT2D eigenvalue weighted by Crippen LogP contribution is -2.59. The monoisotopic (exact) mass is 272 g/mol. The van der Waals surface area contributed by atoms with Crippen molar-refractivity contribution >= 4 is 0 Å². The maximum atomic E-state index is 6.08. The lowest BCUT2D eigenvalue weighted by Gasteiger charge is -2.45. The van der Waals surface area contributed by atoms with Crippen molar-refractivity contribution in [1.29, 1.82) is 0 Å². The van der Waals surface area contributed by atoms with Crippen molar-refractivity contribution in [3.8, 4) is 0 Å². The van der Waals surface area contributed by atoms with Crippen molar-refractivity contribution in [2.75, 3.05) is 26.7 Å². The molecule has 2 atom stereocenters. The lowest BCUT2D eigenvalue weighted by molar-refractivity contribution is -0.0345. The molecule has 0 amide bonds. The summed E-state index contributed by atoms with van der Waals surface area (Å²) in [6.45, 7) is 16.3. The van der Waals surface area contributed by atoms with Crippen LogP contribution in [0.25, 0.3) is 0 Å². The topological polar surface area (TPSA) is 38.5 Å². The van der Waals surface area contributed by atoms with Gasteiger partial charge in [-0.25, -0.2) is 0 Å². The molecule has 0 bridgehead atoms.